The number of methoxy groups -OCH3 is 1. The molecule has 0 heterocycles. The number of ether oxygens (including phenoxy) is 1. The average Bonchev–Trinajstić information content (AvgIpc) is 2.75. The third-order valence-corrected chi connectivity index (χ3v) is 4.34. The minimum absolute atomic E-state index is 0.0689. The molecule has 1 saturated carbocycles. The maximum atomic E-state index is 13.4. The van der Waals surface area contributed by atoms with Gasteiger partial charge in [-0.2, -0.15) is 0 Å². The van der Waals surface area contributed by atoms with E-state index in [-0.39, 0.29) is 11.7 Å². The minimum atomic E-state index is -0.502. The Hall–Kier alpha value is -1.62. The highest BCUT2D eigenvalue weighted by molar-refractivity contribution is 5.95. The Balaban J connectivity index is 2.15. The van der Waals surface area contributed by atoms with Crippen LogP contribution in [0.25, 0.3) is 0 Å². The van der Waals surface area contributed by atoms with Crippen molar-refractivity contribution in [1.29, 1.82) is 0 Å². The first-order valence-corrected chi connectivity index (χ1v) is 7.46. The molecule has 1 aromatic carbocycles. The van der Waals surface area contributed by atoms with Gasteiger partial charge in [0.25, 0.3) is 0 Å². The van der Waals surface area contributed by atoms with Gasteiger partial charge in [0.15, 0.2) is 11.6 Å². The van der Waals surface area contributed by atoms with Crippen molar-refractivity contribution in [3.63, 3.8) is 0 Å². The molecule has 0 bridgehead atoms. The fourth-order valence-electron chi connectivity index (χ4n) is 2.93. The molecule has 1 amide bonds. The van der Waals surface area contributed by atoms with Crippen LogP contribution in [0.4, 0.5) is 10.1 Å². The van der Waals surface area contributed by atoms with Crippen LogP contribution in [0.15, 0.2) is 18.2 Å². The van der Waals surface area contributed by atoms with Gasteiger partial charge in [0.2, 0.25) is 5.91 Å². The van der Waals surface area contributed by atoms with E-state index >= 15 is 0 Å². The van der Waals surface area contributed by atoms with Crippen molar-refractivity contribution >= 4 is 11.6 Å². The number of nitrogens with one attached hydrogen (secondary N) is 1. The van der Waals surface area contributed by atoms with E-state index in [1.807, 2.05) is 0 Å². The van der Waals surface area contributed by atoms with Crippen molar-refractivity contribution < 1.29 is 13.9 Å². The van der Waals surface area contributed by atoms with Crippen molar-refractivity contribution in [2.45, 2.75) is 38.5 Å². The van der Waals surface area contributed by atoms with Crippen LogP contribution in [0.5, 0.6) is 5.75 Å². The molecule has 1 fully saturated rings. The van der Waals surface area contributed by atoms with Crippen LogP contribution >= 0.6 is 0 Å². The number of amides is 1. The van der Waals surface area contributed by atoms with E-state index in [9.17, 15) is 9.18 Å². The lowest BCUT2D eigenvalue weighted by molar-refractivity contribution is -0.125. The molecule has 4 nitrogen and oxygen atoms in total. The molecular formula is C16H23FN2O2. The highest BCUT2D eigenvalue weighted by Crippen LogP contribution is 2.35. The zero-order valence-corrected chi connectivity index (χ0v) is 12.5. The van der Waals surface area contributed by atoms with Gasteiger partial charge in [-0.25, -0.2) is 4.39 Å². The number of hydrogen-bond acceptors (Lipinski definition) is 3. The van der Waals surface area contributed by atoms with Gasteiger partial charge >= 0.3 is 0 Å². The Kier molecular flexibility index (Phi) is 5.17. The fraction of sp³-hybridized carbons (Fsp3) is 0.562. The van der Waals surface area contributed by atoms with Crippen molar-refractivity contribution in [1.82, 2.24) is 0 Å². The summed E-state index contributed by atoms with van der Waals surface area (Å²) >= 11 is 0. The first-order valence-electron chi connectivity index (χ1n) is 7.46. The summed E-state index contributed by atoms with van der Waals surface area (Å²) in [5.74, 6) is -0.394. The van der Waals surface area contributed by atoms with Gasteiger partial charge in [-0.05, 0) is 25.0 Å². The summed E-state index contributed by atoms with van der Waals surface area (Å²) in [7, 11) is 1.40. The van der Waals surface area contributed by atoms with Crippen LogP contribution in [0, 0.1) is 11.2 Å². The Labute approximate surface area is 124 Å². The number of anilines is 1. The van der Waals surface area contributed by atoms with Crippen molar-refractivity contribution in [3.05, 3.63) is 24.0 Å². The van der Waals surface area contributed by atoms with Crippen molar-refractivity contribution in [2.75, 3.05) is 19.0 Å². The number of carbonyl (C=O) groups excluding carboxylic acids is 1. The molecule has 0 unspecified atom stereocenters. The largest absolute Gasteiger partial charge is 0.494 e. The second-order valence-corrected chi connectivity index (χ2v) is 5.70. The summed E-state index contributed by atoms with van der Waals surface area (Å²) in [6, 6.07) is 4.32. The summed E-state index contributed by atoms with van der Waals surface area (Å²) in [6.07, 6.45) is 5.98. The predicted octanol–water partition coefficient (Wildman–Crippen LogP) is 3.07. The van der Waals surface area contributed by atoms with E-state index in [2.05, 4.69) is 5.32 Å². The Morgan fingerprint density at radius 2 is 2.00 bits per heavy atom. The number of rotatable bonds is 4. The standard InChI is InChI=1S/C16H23FN2O2/c1-21-14-10-12(6-7-13(14)17)19-15(20)16(11-18)8-4-2-3-5-9-16/h6-7,10H,2-5,8-9,11,18H2,1H3,(H,19,20). The fourth-order valence-corrected chi connectivity index (χ4v) is 2.93. The number of nitrogens with two attached hydrogens (primary N) is 1. The summed E-state index contributed by atoms with van der Waals surface area (Å²) in [6.45, 7) is 0.344. The quantitative estimate of drug-likeness (QED) is 0.839. The number of benzene rings is 1. The van der Waals surface area contributed by atoms with Crippen LogP contribution in [0.2, 0.25) is 0 Å². The summed E-state index contributed by atoms with van der Waals surface area (Å²) in [5, 5.41) is 2.87. The molecule has 21 heavy (non-hydrogen) atoms. The molecule has 116 valence electrons. The van der Waals surface area contributed by atoms with Crippen LogP contribution in [0.1, 0.15) is 38.5 Å². The van der Waals surface area contributed by atoms with Gasteiger partial charge in [0, 0.05) is 18.3 Å². The molecule has 1 aromatic rings. The van der Waals surface area contributed by atoms with E-state index in [0.717, 1.165) is 38.5 Å². The molecule has 0 aliphatic heterocycles. The molecule has 0 radical (unpaired) electrons. The molecule has 0 saturated heterocycles. The third-order valence-electron chi connectivity index (χ3n) is 4.34. The molecule has 0 aromatic heterocycles. The summed E-state index contributed by atoms with van der Waals surface area (Å²) in [5.41, 5.74) is 5.93. The SMILES string of the molecule is COc1cc(NC(=O)C2(CN)CCCCCC2)ccc1F. The summed E-state index contributed by atoms with van der Waals surface area (Å²) < 4.78 is 18.3. The van der Waals surface area contributed by atoms with Crippen LogP contribution in [0.3, 0.4) is 0 Å². The second kappa shape index (κ2) is 6.89. The highest BCUT2D eigenvalue weighted by Gasteiger charge is 2.37. The lowest BCUT2D eigenvalue weighted by Crippen LogP contribution is -2.42. The second-order valence-electron chi connectivity index (χ2n) is 5.70. The van der Waals surface area contributed by atoms with E-state index in [1.165, 1.54) is 25.3 Å². The van der Waals surface area contributed by atoms with E-state index < -0.39 is 11.2 Å². The van der Waals surface area contributed by atoms with E-state index in [4.69, 9.17) is 10.5 Å². The number of halogens is 1. The van der Waals surface area contributed by atoms with Crippen molar-refractivity contribution in [2.24, 2.45) is 11.1 Å². The van der Waals surface area contributed by atoms with Gasteiger partial charge in [0.1, 0.15) is 0 Å². The average molecular weight is 294 g/mol. The van der Waals surface area contributed by atoms with Crippen LogP contribution < -0.4 is 15.8 Å². The first-order chi connectivity index (χ1) is 10.1. The molecule has 1 aliphatic carbocycles. The third kappa shape index (κ3) is 3.53. The van der Waals surface area contributed by atoms with E-state index in [1.54, 1.807) is 0 Å². The van der Waals surface area contributed by atoms with Crippen molar-refractivity contribution in [3.8, 4) is 5.75 Å². The van der Waals surface area contributed by atoms with E-state index in [0.29, 0.717) is 12.2 Å². The zero-order valence-electron chi connectivity index (χ0n) is 12.5. The smallest absolute Gasteiger partial charge is 0.231 e. The molecule has 1 aliphatic rings. The first kappa shape index (κ1) is 15.8. The lowest BCUT2D eigenvalue weighted by Gasteiger charge is -2.29. The number of carbonyl (C=O) groups is 1. The molecule has 0 atom stereocenters. The molecule has 3 N–H and O–H groups in total. The van der Waals surface area contributed by atoms with Crippen LogP contribution in [-0.4, -0.2) is 19.6 Å². The van der Waals surface area contributed by atoms with Gasteiger partial charge in [-0.15, -0.1) is 0 Å². The Morgan fingerprint density at radius 1 is 1.33 bits per heavy atom. The predicted molar refractivity (Wildman–Crippen MR) is 80.8 cm³/mol. The Morgan fingerprint density at radius 3 is 2.57 bits per heavy atom. The lowest BCUT2D eigenvalue weighted by atomic mass is 9.79. The van der Waals surface area contributed by atoms with Gasteiger partial charge in [0.05, 0.1) is 12.5 Å². The number of hydrogen-bond donors (Lipinski definition) is 2. The molecule has 0 spiro atoms. The highest BCUT2D eigenvalue weighted by atomic mass is 19.1. The monoisotopic (exact) mass is 294 g/mol. The summed E-state index contributed by atoms with van der Waals surface area (Å²) in [4.78, 5) is 12.6. The molecule has 5 heteroatoms. The minimum Gasteiger partial charge on any atom is -0.494 e. The Bertz CT molecular complexity index is 497. The topological polar surface area (TPSA) is 64.3 Å². The van der Waals surface area contributed by atoms with Gasteiger partial charge < -0.3 is 15.8 Å². The maximum Gasteiger partial charge on any atom is 0.231 e. The molecule has 2 rings (SSSR count). The van der Waals surface area contributed by atoms with Gasteiger partial charge in [-0.1, -0.05) is 25.7 Å². The maximum absolute atomic E-state index is 13.4. The molecular weight excluding hydrogens is 271 g/mol. The zero-order chi connectivity index (χ0) is 15.3. The van der Waals surface area contributed by atoms with Crippen LogP contribution in [-0.2, 0) is 4.79 Å². The normalized spacial score (nSPS) is 17.9. The van der Waals surface area contributed by atoms with Gasteiger partial charge in [-0.3, -0.25) is 4.79 Å².